The molecule has 1 saturated heterocycles. The van der Waals surface area contributed by atoms with Crippen LogP contribution in [0.3, 0.4) is 0 Å². The number of carbonyl (C=O) groups is 1. The number of likely N-dealkylation sites (tertiary alicyclic amines) is 1. The summed E-state index contributed by atoms with van der Waals surface area (Å²) in [6, 6.07) is 11.9. The standard InChI is InChI=1S/C26H31FN4O3S/c1-18-6-3-4-14-31(18)15-5-13-28-25(32)20-9-12-22(33-2)23(17-20)34-26-29-24(30-35-26)16-19-7-10-21(27)11-8-19/h7-12,17-18H,3-6,13-16H2,1-2H3,(H,28,32). The second-order valence-corrected chi connectivity index (χ2v) is 9.45. The summed E-state index contributed by atoms with van der Waals surface area (Å²) in [7, 11) is 1.55. The highest BCUT2D eigenvalue weighted by Crippen LogP contribution is 2.33. The first-order valence-corrected chi connectivity index (χ1v) is 12.7. The predicted molar refractivity (Wildman–Crippen MR) is 134 cm³/mol. The molecule has 0 saturated carbocycles. The number of nitrogens with zero attached hydrogens (tertiary/aromatic N) is 3. The van der Waals surface area contributed by atoms with Crippen molar-refractivity contribution >= 4 is 17.4 Å². The second-order valence-electron chi connectivity index (χ2n) is 8.74. The molecule has 1 N–H and O–H groups in total. The smallest absolute Gasteiger partial charge is 0.298 e. The summed E-state index contributed by atoms with van der Waals surface area (Å²) in [5, 5.41) is 3.34. The average Bonchev–Trinajstić information content (AvgIpc) is 3.30. The molecule has 0 bridgehead atoms. The summed E-state index contributed by atoms with van der Waals surface area (Å²) in [6.07, 6.45) is 5.20. The summed E-state index contributed by atoms with van der Waals surface area (Å²) < 4.78 is 28.8. The van der Waals surface area contributed by atoms with Crippen LogP contribution in [0.1, 0.15) is 54.4 Å². The molecule has 3 aromatic rings. The van der Waals surface area contributed by atoms with E-state index in [1.807, 2.05) is 0 Å². The van der Waals surface area contributed by atoms with E-state index in [0.29, 0.717) is 47.1 Å². The lowest BCUT2D eigenvalue weighted by Gasteiger charge is -2.33. The van der Waals surface area contributed by atoms with Crippen LogP contribution in [-0.4, -0.2) is 53.0 Å². The van der Waals surface area contributed by atoms with Gasteiger partial charge < -0.3 is 19.7 Å². The van der Waals surface area contributed by atoms with Gasteiger partial charge in [-0.15, -0.1) is 0 Å². The zero-order valence-corrected chi connectivity index (χ0v) is 20.9. The molecule has 1 aromatic heterocycles. The summed E-state index contributed by atoms with van der Waals surface area (Å²) in [6.45, 7) is 5.04. The molecule has 1 aliphatic heterocycles. The minimum absolute atomic E-state index is 0.154. The van der Waals surface area contributed by atoms with Crippen LogP contribution in [-0.2, 0) is 6.42 Å². The van der Waals surface area contributed by atoms with Crippen LogP contribution >= 0.6 is 11.5 Å². The van der Waals surface area contributed by atoms with Crippen molar-refractivity contribution < 1.29 is 18.7 Å². The van der Waals surface area contributed by atoms with Gasteiger partial charge in [0.15, 0.2) is 17.3 Å². The number of amides is 1. The van der Waals surface area contributed by atoms with Gasteiger partial charge >= 0.3 is 0 Å². The molecule has 2 aromatic carbocycles. The quantitative estimate of drug-likeness (QED) is 0.394. The Kier molecular flexibility index (Phi) is 8.65. The summed E-state index contributed by atoms with van der Waals surface area (Å²) >= 11 is 1.11. The van der Waals surface area contributed by atoms with Gasteiger partial charge in [-0.1, -0.05) is 18.6 Å². The molecule has 1 unspecified atom stereocenters. The number of hydrogen-bond donors (Lipinski definition) is 1. The van der Waals surface area contributed by atoms with Gasteiger partial charge in [0.25, 0.3) is 11.1 Å². The zero-order valence-electron chi connectivity index (χ0n) is 20.1. The Hall–Kier alpha value is -3.04. The van der Waals surface area contributed by atoms with E-state index in [9.17, 15) is 9.18 Å². The number of methoxy groups -OCH3 is 1. The Morgan fingerprint density at radius 3 is 2.80 bits per heavy atom. The molecule has 7 nitrogen and oxygen atoms in total. The Labute approximate surface area is 209 Å². The van der Waals surface area contributed by atoms with E-state index >= 15 is 0 Å². The fourth-order valence-electron chi connectivity index (χ4n) is 4.20. The third kappa shape index (κ3) is 6.99. The van der Waals surface area contributed by atoms with E-state index in [2.05, 4.69) is 26.5 Å². The van der Waals surface area contributed by atoms with E-state index < -0.39 is 0 Å². The lowest BCUT2D eigenvalue weighted by atomic mass is 10.0. The molecular weight excluding hydrogens is 467 g/mol. The molecule has 1 atom stereocenters. The summed E-state index contributed by atoms with van der Waals surface area (Å²) in [5.41, 5.74) is 1.39. The third-order valence-electron chi connectivity index (χ3n) is 6.20. The lowest BCUT2D eigenvalue weighted by molar-refractivity contribution is 0.0948. The van der Waals surface area contributed by atoms with Gasteiger partial charge in [0.2, 0.25) is 0 Å². The van der Waals surface area contributed by atoms with Gasteiger partial charge in [-0.2, -0.15) is 9.36 Å². The number of rotatable bonds is 10. The number of piperidine rings is 1. The third-order valence-corrected chi connectivity index (χ3v) is 6.83. The number of carbonyl (C=O) groups excluding carboxylic acids is 1. The Morgan fingerprint density at radius 2 is 2.03 bits per heavy atom. The number of aromatic nitrogens is 2. The molecule has 0 spiro atoms. The maximum Gasteiger partial charge on any atom is 0.298 e. The molecule has 9 heteroatoms. The minimum atomic E-state index is -0.281. The molecule has 1 amide bonds. The van der Waals surface area contributed by atoms with Gasteiger partial charge in [0, 0.05) is 42.6 Å². The zero-order chi connectivity index (χ0) is 24.6. The van der Waals surface area contributed by atoms with Crippen molar-refractivity contribution in [1.29, 1.82) is 0 Å². The SMILES string of the molecule is COc1ccc(C(=O)NCCCN2CCCCC2C)cc1Oc1nc(Cc2ccc(F)cc2)ns1. The molecule has 4 rings (SSSR count). The average molecular weight is 499 g/mol. The van der Waals surface area contributed by atoms with E-state index in [4.69, 9.17) is 9.47 Å². The maximum atomic E-state index is 13.1. The Balaban J connectivity index is 1.33. The number of nitrogens with one attached hydrogen (secondary N) is 1. The van der Waals surface area contributed by atoms with E-state index in [0.717, 1.165) is 36.6 Å². The molecule has 0 aliphatic carbocycles. The Morgan fingerprint density at radius 1 is 1.20 bits per heavy atom. The van der Waals surface area contributed by atoms with E-state index in [1.165, 1.54) is 31.4 Å². The van der Waals surface area contributed by atoms with Crippen LogP contribution in [0.5, 0.6) is 16.7 Å². The number of benzene rings is 2. The molecule has 2 heterocycles. The van der Waals surface area contributed by atoms with Crippen LogP contribution in [0.4, 0.5) is 4.39 Å². The first kappa shape index (κ1) is 25.1. The number of halogens is 1. The first-order chi connectivity index (χ1) is 17.0. The predicted octanol–water partition coefficient (Wildman–Crippen LogP) is 5.06. The summed E-state index contributed by atoms with van der Waals surface area (Å²) in [4.78, 5) is 19.6. The second kappa shape index (κ2) is 12.1. The van der Waals surface area contributed by atoms with Crippen LogP contribution in [0, 0.1) is 5.82 Å². The minimum Gasteiger partial charge on any atom is -0.493 e. The molecule has 1 fully saturated rings. The van der Waals surface area contributed by atoms with Crippen molar-refractivity contribution in [2.24, 2.45) is 0 Å². The highest BCUT2D eigenvalue weighted by molar-refractivity contribution is 7.07. The topological polar surface area (TPSA) is 76.6 Å². The van der Waals surface area contributed by atoms with Crippen molar-refractivity contribution in [3.05, 3.63) is 65.2 Å². The van der Waals surface area contributed by atoms with Gasteiger partial charge in [-0.05, 0) is 68.6 Å². The fraction of sp³-hybridized carbons (Fsp3) is 0.423. The molecule has 35 heavy (non-hydrogen) atoms. The van der Waals surface area contributed by atoms with Gasteiger partial charge in [-0.3, -0.25) is 4.79 Å². The van der Waals surface area contributed by atoms with E-state index in [1.54, 1.807) is 37.4 Å². The van der Waals surface area contributed by atoms with Crippen molar-refractivity contribution in [1.82, 2.24) is 19.6 Å². The largest absolute Gasteiger partial charge is 0.493 e. The van der Waals surface area contributed by atoms with Crippen molar-refractivity contribution in [3.63, 3.8) is 0 Å². The van der Waals surface area contributed by atoms with Crippen molar-refractivity contribution in [2.45, 2.75) is 45.1 Å². The molecule has 186 valence electrons. The Bertz CT molecular complexity index is 1120. The van der Waals surface area contributed by atoms with Crippen molar-refractivity contribution in [3.8, 4) is 16.7 Å². The highest BCUT2D eigenvalue weighted by Gasteiger charge is 2.18. The van der Waals surface area contributed by atoms with Gasteiger partial charge in [0.1, 0.15) is 5.82 Å². The van der Waals surface area contributed by atoms with Gasteiger partial charge in [0.05, 0.1) is 7.11 Å². The van der Waals surface area contributed by atoms with Crippen LogP contribution in [0.15, 0.2) is 42.5 Å². The number of ether oxygens (including phenoxy) is 2. The highest BCUT2D eigenvalue weighted by atomic mass is 32.1. The van der Waals surface area contributed by atoms with Crippen LogP contribution in [0.2, 0.25) is 0 Å². The first-order valence-electron chi connectivity index (χ1n) is 12.0. The number of hydrogen-bond acceptors (Lipinski definition) is 7. The molecule has 0 radical (unpaired) electrons. The van der Waals surface area contributed by atoms with Crippen LogP contribution < -0.4 is 14.8 Å². The monoisotopic (exact) mass is 498 g/mol. The van der Waals surface area contributed by atoms with E-state index in [-0.39, 0.29) is 11.7 Å². The molecular formula is C26H31FN4O3S. The van der Waals surface area contributed by atoms with Crippen molar-refractivity contribution in [2.75, 3.05) is 26.7 Å². The molecule has 1 aliphatic rings. The summed E-state index contributed by atoms with van der Waals surface area (Å²) in [5.74, 6) is 1.03. The maximum absolute atomic E-state index is 13.1. The van der Waals surface area contributed by atoms with Crippen LogP contribution in [0.25, 0.3) is 0 Å². The van der Waals surface area contributed by atoms with Gasteiger partial charge in [-0.25, -0.2) is 4.39 Å². The fourth-order valence-corrected chi connectivity index (χ4v) is 4.77. The normalized spacial score (nSPS) is 16.1. The lowest BCUT2D eigenvalue weighted by Crippen LogP contribution is -2.39.